The zero-order chi connectivity index (χ0) is 11.9. The smallest absolute Gasteiger partial charge is 0.277 e. The second-order valence-electron chi connectivity index (χ2n) is 3.37. The summed E-state index contributed by atoms with van der Waals surface area (Å²) in [6.45, 7) is 3.71. The zero-order valence-corrected chi connectivity index (χ0v) is 9.71. The minimum absolute atomic E-state index is 0.0889. The lowest BCUT2D eigenvalue weighted by Gasteiger charge is -2.10. The van der Waals surface area contributed by atoms with Gasteiger partial charge in [-0.3, -0.25) is 0 Å². The van der Waals surface area contributed by atoms with Crippen LogP contribution in [0, 0.1) is 0 Å². The van der Waals surface area contributed by atoms with Gasteiger partial charge in [0, 0.05) is 19.0 Å². The van der Waals surface area contributed by atoms with E-state index in [0.29, 0.717) is 12.8 Å². The molecule has 90 valence electrons. The van der Waals surface area contributed by atoms with Gasteiger partial charge in [-0.1, -0.05) is 5.16 Å². The van der Waals surface area contributed by atoms with Crippen LogP contribution in [-0.4, -0.2) is 32.0 Å². The number of oxime groups is 1. The highest BCUT2D eigenvalue weighted by atomic mass is 32.2. The zero-order valence-electron chi connectivity index (χ0n) is 8.90. The lowest BCUT2D eigenvalue weighted by atomic mass is 10.3. The molecule has 5 N–H and O–H groups in total. The number of rotatable bonds is 7. The molecule has 0 heterocycles. The molecule has 0 saturated heterocycles. The summed E-state index contributed by atoms with van der Waals surface area (Å²) in [5, 5.41) is 11.0. The molecule has 0 aromatic rings. The quantitative estimate of drug-likeness (QED) is 0.155. The SMILES string of the molecule is CC(C)NS(=O)(=O)NCCCC(N)=NO. The van der Waals surface area contributed by atoms with Crippen LogP contribution in [0.5, 0.6) is 0 Å². The molecule has 8 heteroatoms. The summed E-state index contributed by atoms with van der Waals surface area (Å²) >= 11 is 0. The fourth-order valence-electron chi connectivity index (χ4n) is 0.878. The monoisotopic (exact) mass is 238 g/mol. The molecule has 0 unspecified atom stereocenters. The van der Waals surface area contributed by atoms with Crippen molar-refractivity contribution in [3.8, 4) is 0 Å². The molecule has 0 spiro atoms. The van der Waals surface area contributed by atoms with Crippen molar-refractivity contribution >= 4 is 16.0 Å². The molecule has 0 aromatic heterocycles. The van der Waals surface area contributed by atoms with Gasteiger partial charge < -0.3 is 10.9 Å². The van der Waals surface area contributed by atoms with Crippen molar-refractivity contribution in [3.05, 3.63) is 0 Å². The van der Waals surface area contributed by atoms with Crippen molar-refractivity contribution in [3.63, 3.8) is 0 Å². The third kappa shape index (κ3) is 8.16. The first-order valence-electron chi connectivity index (χ1n) is 4.60. The Bertz CT molecular complexity index is 299. The molecule has 0 aromatic carbocycles. The highest BCUT2D eigenvalue weighted by Crippen LogP contribution is 1.89. The second kappa shape index (κ2) is 6.59. The summed E-state index contributed by atoms with van der Waals surface area (Å²) in [6.07, 6.45) is 0.829. The third-order valence-electron chi connectivity index (χ3n) is 1.42. The molecular weight excluding hydrogens is 220 g/mol. The minimum atomic E-state index is -3.43. The van der Waals surface area contributed by atoms with Crippen LogP contribution >= 0.6 is 0 Å². The van der Waals surface area contributed by atoms with Crippen LogP contribution in [0.3, 0.4) is 0 Å². The van der Waals surface area contributed by atoms with E-state index in [1.165, 1.54) is 0 Å². The van der Waals surface area contributed by atoms with Crippen molar-refractivity contribution in [1.29, 1.82) is 0 Å². The van der Waals surface area contributed by atoms with Gasteiger partial charge in [0.2, 0.25) is 0 Å². The lowest BCUT2D eigenvalue weighted by molar-refractivity contribution is 0.316. The van der Waals surface area contributed by atoms with Gasteiger partial charge in [-0.25, -0.2) is 4.72 Å². The van der Waals surface area contributed by atoms with Gasteiger partial charge in [0.15, 0.2) is 0 Å². The van der Waals surface area contributed by atoms with E-state index < -0.39 is 10.2 Å². The van der Waals surface area contributed by atoms with E-state index >= 15 is 0 Å². The predicted octanol–water partition coefficient (Wildman–Crippen LogP) is -0.655. The summed E-state index contributed by atoms with van der Waals surface area (Å²) in [5.41, 5.74) is 5.21. The van der Waals surface area contributed by atoms with Gasteiger partial charge in [0.05, 0.1) is 0 Å². The number of hydrogen-bond donors (Lipinski definition) is 4. The van der Waals surface area contributed by atoms with Crippen molar-refractivity contribution in [1.82, 2.24) is 9.44 Å². The van der Waals surface area contributed by atoms with Gasteiger partial charge in [-0.2, -0.15) is 13.1 Å². The molecule has 15 heavy (non-hydrogen) atoms. The topological polar surface area (TPSA) is 117 Å². The van der Waals surface area contributed by atoms with Crippen LogP contribution < -0.4 is 15.2 Å². The Hall–Kier alpha value is -0.860. The first-order chi connectivity index (χ1) is 6.87. The van der Waals surface area contributed by atoms with Gasteiger partial charge in [0.1, 0.15) is 5.84 Å². The van der Waals surface area contributed by atoms with E-state index in [1.807, 2.05) is 0 Å². The van der Waals surface area contributed by atoms with E-state index in [2.05, 4.69) is 14.6 Å². The van der Waals surface area contributed by atoms with Crippen molar-refractivity contribution < 1.29 is 13.6 Å². The maximum Gasteiger partial charge on any atom is 0.277 e. The Morgan fingerprint density at radius 1 is 1.53 bits per heavy atom. The molecule has 0 aliphatic rings. The Morgan fingerprint density at radius 2 is 2.13 bits per heavy atom. The number of nitrogens with one attached hydrogen (secondary N) is 2. The molecule has 0 radical (unpaired) electrons. The molecule has 0 rings (SSSR count). The van der Waals surface area contributed by atoms with Gasteiger partial charge in [-0.05, 0) is 20.3 Å². The normalized spacial score (nSPS) is 13.4. The number of amidine groups is 1. The Morgan fingerprint density at radius 3 is 2.60 bits per heavy atom. The van der Waals surface area contributed by atoms with Crippen LogP contribution in [0.2, 0.25) is 0 Å². The summed E-state index contributed by atoms with van der Waals surface area (Å²) < 4.78 is 27.2. The number of nitrogens with two attached hydrogens (primary N) is 1. The first-order valence-corrected chi connectivity index (χ1v) is 6.09. The van der Waals surface area contributed by atoms with E-state index in [1.54, 1.807) is 13.8 Å². The van der Waals surface area contributed by atoms with Crippen LogP contribution in [-0.2, 0) is 10.2 Å². The lowest BCUT2D eigenvalue weighted by Crippen LogP contribution is -2.40. The van der Waals surface area contributed by atoms with E-state index in [4.69, 9.17) is 10.9 Å². The Labute approximate surface area is 89.9 Å². The number of nitrogens with zero attached hydrogens (tertiary/aromatic N) is 1. The van der Waals surface area contributed by atoms with Crippen LogP contribution in [0.25, 0.3) is 0 Å². The van der Waals surface area contributed by atoms with E-state index in [9.17, 15) is 8.42 Å². The molecule has 0 aliphatic carbocycles. The van der Waals surface area contributed by atoms with E-state index in [-0.39, 0.29) is 18.4 Å². The predicted molar refractivity (Wildman–Crippen MR) is 57.8 cm³/mol. The maximum absolute atomic E-state index is 11.2. The van der Waals surface area contributed by atoms with Gasteiger partial charge in [-0.15, -0.1) is 0 Å². The van der Waals surface area contributed by atoms with Crippen LogP contribution in [0.1, 0.15) is 26.7 Å². The van der Waals surface area contributed by atoms with E-state index in [0.717, 1.165) is 0 Å². The van der Waals surface area contributed by atoms with Crippen molar-refractivity contribution in [2.24, 2.45) is 10.9 Å². The maximum atomic E-state index is 11.2. The Kier molecular flexibility index (Phi) is 6.21. The summed E-state index contributed by atoms with van der Waals surface area (Å²) in [7, 11) is -3.43. The molecule has 0 atom stereocenters. The molecule has 0 amide bonds. The van der Waals surface area contributed by atoms with Gasteiger partial charge >= 0.3 is 0 Å². The highest BCUT2D eigenvalue weighted by Gasteiger charge is 2.09. The second-order valence-corrected chi connectivity index (χ2v) is 4.90. The van der Waals surface area contributed by atoms with Crippen molar-refractivity contribution in [2.75, 3.05) is 6.54 Å². The van der Waals surface area contributed by atoms with Crippen molar-refractivity contribution in [2.45, 2.75) is 32.7 Å². The average molecular weight is 238 g/mol. The average Bonchev–Trinajstić information content (AvgIpc) is 2.10. The largest absolute Gasteiger partial charge is 0.409 e. The molecule has 0 saturated carbocycles. The van der Waals surface area contributed by atoms with Crippen LogP contribution in [0.15, 0.2) is 5.16 Å². The highest BCUT2D eigenvalue weighted by molar-refractivity contribution is 7.87. The fraction of sp³-hybridized carbons (Fsp3) is 0.857. The third-order valence-corrected chi connectivity index (χ3v) is 2.79. The summed E-state index contributed by atoms with van der Waals surface area (Å²) in [5.74, 6) is 0.0889. The molecule has 0 fully saturated rings. The fourth-order valence-corrected chi connectivity index (χ4v) is 2.00. The molecule has 0 bridgehead atoms. The molecule has 0 aliphatic heterocycles. The minimum Gasteiger partial charge on any atom is -0.409 e. The van der Waals surface area contributed by atoms with Crippen LogP contribution in [0.4, 0.5) is 0 Å². The standard InChI is InChI=1S/C7H18N4O3S/c1-6(2)11-15(13,14)9-5-3-4-7(8)10-12/h6,9,11-12H,3-5H2,1-2H3,(H2,8,10). The summed E-state index contributed by atoms with van der Waals surface area (Å²) in [6, 6.07) is -0.147. The van der Waals surface area contributed by atoms with Gasteiger partial charge in [0.25, 0.3) is 10.2 Å². The Balaban J connectivity index is 3.77. The first kappa shape index (κ1) is 14.1. The molecular formula is C7H18N4O3S. The number of hydrogen-bond acceptors (Lipinski definition) is 4. The molecule has 7 nitrogen and oxygen atoms in total. The summed E-state index contributed by atoms with van der Waals surface area (Å²) in [4.78, 5) is 0.